The van der Waals surface area contributed by atoms with Gasteiger partial charge >= 0.3 is 0 Å². The molecule has 1 atom stereocenters. The molecule has 1 amide bonds. The molecule has 0 saturated heterocycles. The molecule has 114 valence electrons. The van der Waals surface area contributed by atoms with Crippen LogP contribution in [0, 0.1) is 6.92 Å². The number of nitrogens with one attached hydrogen (secondary N) is 1. The van der Waals surface area contributed by atoms with Crippen molar-refractivity contribution in [1.82, 2.24) is 5.32 Å². The second kappa shape index (κ2) is 6.07. The largest absolute Gasteiger partial charge is 0.464 e. The van der Waals surface area contributed by atoms with Gasteiger partial charge in [0.25, 0.3) is 5.91 Å². The molecule has 0 spiro atoms. The third kappa shape index (κ3) is 2.89. The predicted molar refractivity (Wildman–Crippen MR) is 81.7 cm³/mol. The Bertz CT molecular complexity index is 754. The number of aryl methyl sites for hydroxylation is 1. The van der Waals surface area contributed by atoms with Crippen molar-refractivity contribution in [3.63, 3.8) is 0 Å². The number of rotatable bonds is 5. The van der Waals surface area contributed by atoms with E-state index in [1.54, 1.807) is 13.2 Å². The lowest BCUT2D eigenvalue weighted by atomic mass is 10.2. The number of carbonyl (C=O) groups is 1. The summed E-state index contributed by atoms with van der Waals surface area (Å²) in [4.78, 5) is 12.4. The van der Waals surface area contributed by atoms with E-state index in [4.69, 9.17) is 13.6 Å². The van der Waals surface area contributed by atoms with E-state index in [0.717, 1.165) is 11.1 Å². The van der Waals surface area contributed by atoms with Crippen molar-refractivity contribution < 1.29 is 18.4 Å². The van der Waals surface area contributed by atoms with Crippen LogP contribution in [-0.2, 0) is 4.74 Å². The maximum absolute atomic E-state index is 12.4. The highest BCUT2D eigenvalue weighted by Crippen LogP contribution is 2.21. The second-order valence-corrected chi connectivity index (χ2v) is 5.08. The number of fused-ring (bicyclic) bond motifs is 1. The summed E-state index contributed by atoms with van der Waals surface area (Å²) in [5.74, 6) is 1.41. The summed E-state index contributed by atoms with van der Waals surface area (Å²) < 4.78 is 16.3. The van der Waals surface area contributed by atoms with Crippen molar-refractivity contribution in [3.05, 3.63) is 59.7 Å². The Hall–Kier alpha value is -2.53. The third-order valence-electron chi connectivity index (χ3n) is 3.39. The van der Waals surface area contributed by atoms with Crippen LogP contribution in [0.25, 0.3) is 11.0 Å². The Morgan fingerprint density at radius 2 is 2.05 bits per heavy atom. The molecule has 3 rings (SSSR count). The van der Waals surface area contributed by atoms with Gasteiger partial charge in [-0.05, 0) is 31.2 Å². The van der Waals surface area contributed by atoms with Crippen molar-refractivity contribution in [1.29, 1.82) is 0 Å². The minimum Gasteiger partial charge on any atom is -0.464 e. The van der Waals surface area contributed by atoms with Gasteiger partial charge < -0.3 is 18.9 Å². The highest BCUT2D eigenvalue weighted by Gasteiger charge is 2.21. The van der Waals surface area contributed by atoms with E-state index in [1.165, 1.54) is 0 Å². The topological polar surface area (TPSA) is 64.6 Å². The number of furan rings is 2. The zero-order valence-corrected chi connectivity index (χ0v) is 12.5. The van der Waals surface area contributed by atoms with Gasteiger partial charge in [-0.15, -0.1) is 0 Å². The normalized spacial score (nSPS) is 12.5. The summed E-state index contributed by atoms with van der Waals surface area (Å²) in [5, 5.41) is 3.77. The van der Waals surface area contributed by atoms with E-state index >= 15 is 0 Å². The summed E-state index contributed by atoms with van der Waals surface area (Å²) in [6.07, 6.45) is 0. The Labute approximate surface area is 127 Å². The fourth-order valence-electron chi connectivity index (χ4n) is 2.33. The van der Waals surface area contributed by atoms with E-state index < -0.39 is 0 Å². The molecule has 0 aliphatic rings. The molecule has 0 fully saturated rings. The van der Waals surface area contributed by atoms with Gasteiger partial charge in [0, 0.05) is 12.5 Å². The monoisotopic (exact) mass is 299 g/mol. The zero-order chi connectivity index (χ0) is 15.5. The third-order valence-corrected chi connectivity index (χ3v) is 3.39. The summed E-state index contributed by atoms with van der Waals surface area (Å²) >= 11 is 0. The highest BCUT2D eigenvalue weighted by atomic mass is 16.5. The number of para-hydroxylation sites is 1. The molecular weight excluding hydrogens is 282 g/mol. The van der Waals surface area contributed by atoms with Crippen LogP contribution < -0.4 is 5.32 Å². The number of carbonyl (C=O) groups excluding carboxylic acids is 1. The lowest BCUT2D eigenvalue weighted by Crippen LogP contribution is -2.30. The van der Waals surface area contributed by atoms with Crippen LogP contribution in [0.1, 0.15) is 28.1 Å². The Kier molecular flexibility index (Phi) is 3.98. The number of ether oxygens (including phenoxy) is 1. The molecule has 5 heteroatoms. The van der Waals surface area contributed by atoms with Crippen molar-refractivity contribution >= 4 is 16.9 Å². The van der Waals surface area contributed by atoms with Gasteiger partial charge in [-0.1, -0.05) is 18.2 Å². The van der Waals surface area contributed by atoms with E-state index in [0.29, 0.717) is 18.0 Å². The molecule has 1 aromatic carbocycles. The molecule has 22 heavy (non-hydrogen) atoms. The molecule has 0 aliphatic heterocycles. The number of methoxy groups -OCH3 is 1. The van der Waals surface area contributed by atoms with Gasteiger partial charge in [0.05, 0.1) is 6.61 Å². The van der Waals surface area contributed by atoms with Crippen molar-refractivity contribution in [2.45, 2.75) is 13.0 Å². The molecule has 3 aromatic rings. The van der Waals surface area contributed by atoms with Gasteiger partial charge in [-0.25, -0.2) is 0 Å². The van der Waals surface area contributed by atoms with Gasteiger partial charge in [-0.3, -0.25) is 4.79 Å². The summed E-state index contributed by atoms with van der Waals surface area (Å²) in [7, 11) is 1.58. The highest BCUT2D eigenvalue weighted by molar-refractivity contribution is 5.96. The molecule has 2 heterocycles. The van der Waals surface area contributed by atoms with Gasteiger partial charge in [0.15, 0.2) is 5.76 Å². The number of hydrogen-bond acceptors (Lipinski definition) is 4. The van der Waals surface area contributed by atoms with Crippen molar-refractivity contribution in [2.24, 2.45) is 0 Å². The minimum absolute atomic E-state index is 0.269. The molecule has 0 bridgehead atoms. The quantitative estimate of drug-likeness (QED) is 0.783. The smallest absolute Gasteiger partial charge is 0.287 e. The van der Waals surface area contributed by atoms with Gasteiger partial charge in [-0.2, -0.15) is 0 Å². The molecule has 1 N–H and O–H groups in total. The first-order chi connectivity index (χ1) is 10.7. The van der Waals surface area contributed by atoms with E-state index in [2.05, 4.69) is 5.32 Å². The number of amides is 1. The summed E-state index contributed by atoms with van der Waals surface area (Å²) in [5.41, 5.74) is 0.685. The molecular formula is C17H17NO4. The molecule has 0 unspecified atom stereocenters. The lowest BCUT2D eigenvalue weighted by Gasteiger charge is -2.14. The first-order valence-corrected chi connectivity index (χ1v) is 7.02. The lowest BCUT2D eigenvalue weighted by molar-refractivity contribution is 0.0857. The van der Waals surface area contributed by atoms with Gasteiger partial charge in [0.1, 0.15) is 23.1 Å². The zero-order valence-electron chi connectivity index (χ0n) is 12.5. The fraction of sp³-hybridized carbons (Fsp3) is 0.235. The molecule has 2 aromatic heterocycles. The average molecular weight is 299 g/mol. The van der Waals surface area contributed by atoms with Crippen LogP contribution in [0.4, 0.5) is 0 Å². The average Bonchev–Trinajstić information content (AvgIpc) is 3.12. The first kappa shape index (κ1) is 14.4. The van der Waals surface area contributed by atoms with Crippen LogP contribution in [0.15, 0.2) is 51.3 Å². The van der Waals surface area contributed by atoms with Crippen LogP contribution in [0.5, 0.6) is 0 Å². The van der Waals surface area contributed by atoms with Crippen LogP contribution in [0.2, 0.25) is 0 Å². The Morgan fingerprint density at radius 1 is 1.23 bits per heavy atom. The minimum atomic E-state index is -0.362. The molecule has 0 aliphatic carbocycles. The standard InChI is InChI=1S/C17H17NO4/c1-11-7-8-15(21-11)13(10-20-2)18-17(19)16-9-12-5-3-4-6-14(12)22-16/h3-9,13H,10H2,1-2H3,(H,18,19)/t13-/m1/s1. The van der Waals surface area contributed by atoms with Gasteiger partial charge in [0.2, 0.25) is 0 Å². The van der Waals surface area contributed by atoms with Crippen molar-refractivity contribution in [3.8, 4) is 0 Å². The second-order valence-electron chi connectivity index (χ2n) is 5.08. The predicted octanol–water partition coefficient (Wildman–Crippen LogP) is 3.45. The van der Waals surface area contributed by atoms with E-state index in [9.17, 15) is 4.79 Å². The summed E-state index contributed by atoms with van der Waals surface area (Å²) in [6.45, 7) is 2.17. The van der Waals surface area contributed by atoms with Crippen LogP contribution in [-0.4, -0.2) is 19.6 Å². The SMILES string of the molecule is COC[C@@H](NC(=O)c1cc2ccccc2o1)c1ccc(C)o1. The Balaban J connectivity index is 1.81. The maximum Gasteiger partial charge on any atom is 0.287 e. The fourth-order valence-corrected chi connectivity index (χ4v) is 2.33. The maximum atomic E-state index is 12.4. The number of benzene rings is 1. The van der Waals surface area contributed by atoms with Crippen molar-refractivity contribution in [2.75, 3.05) is 13.7 Å². The number of hydrogen-bond donors (Lipinski definition) is 1. The first-order valence-electron chi connectivity index (χ1n) is 7.02. The molecule has 0 saturated carbocycles. The summed E-state index contributed by atoms with van der Waals surface area (Å²) in [6, 6.07) is 12.5. The van der Waals surface area contributed by atoms with Crippen LogP contribution >= 0.6 is 0 Å². The van der Waals surface area contributed by atoms with E-state index in [-0.39, 0.29) is 17.7 Å². The molecule has 5 nitrogen and oxygen atoms in total. The van der Waals surface area contributed by atoms with E-state index in [1.807, 2.05) is 43.3 Å². The Morgan fingerprint density at radius 3 is 2.73 bits per heavy atom. The molecule has 0 radical (unpaired) electrons. The van der Waals surface area contributed by atoms with Crippen LogP contribution in [0.3, 0.4) is 0 Å².